The van der Waals surface area contributed by atoms with E-state index in [1.54, 1.807) is 11.9 Å². The first-order valence-corrected chi connectivity index (χ1v) is 10.6. The molecule has 0 aliphatic rings. The number of allylic oxidation sites excluding steroid dienone is 1. The minimum Gasteiger partial charge on any atom is -0.315 e. The molecule has 0 aliphatic carbocycles. The van der Waals surface area contributed by atoms with Gasteiger partial charge in [0.15, 0.2) is 5.16 Å². The van der Waals surface area contributed by atoms with Crippen molar-refractivity contribution in [3.05, 3.63) is 48.8 Å². The number of hydrogen-bond donors (Lipinski definition) is 0. The minimum atomic E-state index is 0.0421. The highest BCUT2D eigenvalue weighted by Gasteiger charge is 2.16. The average molecular weight is 387 g/mol. The van der Waals surface area contributed by atoms with Gasteiger partial charge in [0.1, 0.15) is 5.82 Å². The van der Waals surface area contributed by atoms with Gasteiger partial charge in [-0.2, -0.15) is 0 Å². The van der Waals surface area contributed by atoms with Crippen molar-refractivity contribution in [2.24, 2.45) is 0 Å². The first-order chi connectivity index (χ1) is 13.2. The van der Waals surface area contributed by atoms with E-state index in [-0.39, 0.29) is 5.91 Å². The molecule has 0 radical (unpaired) electrons. The number of aromatic nitrogens is 3. The van der Waals surface area contributed by atoms with Gasteiger partial charge in [0.05, 0.1) is 5.75 Å². The van der Waals surface area contributed by atoms with E-state index in [0.29, 0.717) is 12.3 Å². The van der Waals surface area contributed by atoms with Crippen molar-refractivity contribution in [1.82, 2.24) is 14.8 Å². The van der Waals surface area contributed by atoms with Crippen LogP contribution < -0.4 is 4.90 Å². The number of nitrogens with zero attached hydrogens (tertiary/aromatic N) is 4. The highest BCUT2D eigenvalue weighted by Crippen LogP contribution is 2.20. The van der Waals surface area contributed by atoms with Crippen molar-refractivity contribution in [2.45, 2.75) is 57.1 Å². The monoisotopic (exact) mass is 386 g/mol. The molecule has 146 valence electrons. The van der Waals surface area contributed by atoms with Crippen molar-refractivity contribution in [1.29, 1.82) is 0 Å². The second kappa shape index (κ2) is 11.6. The van der Waals surface area contributed by atoms with Crippen LogP contribution in [0.1, 0.15) is 44.9 Å². The molecule has 2 aromatic rings. The Morgan fingerprint density at radius 1 is 1.19 bits per heavy atom. The quantitative estimate of drug-likeness (QED) is 0.300. The van der Waals surface area contributed by atoms with Crippen molar-refractivity contribution < 1.29 is 4.79 Å². The Hall–Kier alpha value is -2.08. The molecule has 0 saturated carbocycles. The zero-order valence-electron chi connectivity index (χ0n) is 16.4. The van der Waals surface area contributed by atoms with Crippen LogP contribution in [-0.2, 0) is 17.8 Å². The molecule has 0 fully saturated rings. The van der Waals surface area contributed by atoms with E-state index in [4.69, 9.17) is 0 Å². The second-order valence-corrected chi connectivity index (χ2v) is 7.48. The van der Waals surface area contributed by atoms with Crippen molar-refractivity contribution in [3.8, 4) is 0 Å². The highest BCUT2D eigenvalue weighted by atomic mass is 32.2. The van der Waals surface area contributed by atoms with Crippen LogP contribution in [-0.4, -0.2) is 33.5 Å². The first kappa shape index (κ1) is 21.2. The molecule has 1 amide bonds. The normalized spacial score (nSPS) is 10.7. The number of aryl methyl sites for hydroxylation is 1. The predicted octanol–water partition coefficient (Wildman–Crippen LogP) is 4.73. The lowest BCUT2D eigenvalue weighted by Gasteiger charge is -2.17. The van der Waals surface area contributed by atoms with Gasteiger partial charge in [-0.05, 0) is 18.6 Å². The zero-order valence-corrected chi connectivity index (χ0v) is 17.2. The summed E-state index contributed by atoms with van der Waals surface area (Å²) in [6.07, 6.45) is 8.92. The van der Waals surface area contributed by atoms with E-state index >= 15 is 0 Å². The lowest BCUT2D eigenvalue weighted by Crippen LogP contribution is -2.28. The van der Waals surface area contributed by atoms with Crippen LogP contribution in [0.2, 0.25) is 0 Å². The largest absolute Gasteiger partial charge is 0.315 e. The molecular weight excluding hydrogens is 356 g/mol. The molecule has 0 bridgehead atoms. The molecule has 1 aromatic heterocycles. The summed E-state index contributed by atoms with van der Waals surface area (Å²) >= 11 is 1.44. The fourth-order valence-corrected chi connectivity index (χ4v) is 3.71. The number of carbonyl (C=O) groups is 1. The number of carbonyl (C=O) groups excluding carboxylic acids is 1. The van der Waals surface area contributed by atoms with E-state index < -0.39 is 0 Å². The van der Waals surface area contributed by atoms with Gasteiger partial charge >= 0.3 is 0 Å². The lowest BCUT2D eigenvalue weighted by atomic mass is 10.1. The fourth-order valence-electron chi connectivity index (χ4n) is 2.83. The van der Waals surface area contributed by atoms with Gasteiger partial charge in [0, 0.05) is 25.7 Å². The van der Waals surface area contributed by atoms with Gasteiger partial charge in [-0.25, -0.2) is 0 Å². The second-order valence-electron chi connectivity index (χ2n) is 6.54. The van der Waals surface area contributed by atoms with Gasteiger partial charge in [-0.3, -0.25) is 4.79 Å². The van der Waals surface area contributed by atoms with Crippen molar-refractivity contribution in [3.63, 3.8) is 0 Å². The van der Waals surface area contributed by atoms with Crippen LogP contribution in [0.4, 0.5) is 5.69 Å². The maximum Gasteiger partial charge on any atom is 0.237 e. The summed E-state index contributed by atoms with van der Waals surface area (Å²) in [5.74, 6) is 1.36. The Morgan fingerprint density at radius 3 is 2.63 bits per heavy atom. The van der Waals surface area contributed by atoms with E-state index in [1.165, 1.54) is 37.4 Å². The molecule has 0 N–H and O–H groups in total. The SMILES string of the molecule is C=CCn1c(CCCCCCC)nnc1SCC(=O)N(C)c1ccccc1. The summed E-state index contributed by atoms with van der Waals surface area (Å²) in [6, 6.07) is 9.66. The molecule has 0 saturated heterocycles. The average Bonchev–Trinajstić information content (AvgIpc) is 3.08. The molecule has 0 unspecified atom stereocenters. The molecule has 0 spiro atoms. The Morgan fingerprint density at radius 2 is 1.93 bits per heavy atom. The van der Waals surface area contributed by atoms with Crippen LogP contribution in [0, 0.1) is 0 Å². The number of para-hydroxylation sites is 1. The Kier molecular flexibility index (Phi) is 9.11. The van der Waals surface area contributed by atoms with Crippen molar-refractivity contribution in [2.75, 3.05) is 17.7 Å². The number of anilines is 1. The topological polar surface area (TPSA) is 51.0 Å². The highest BCUT2D eigenvalue weighted by molar-refractivity contribution is 7.99. The lowest BCUT2D eigenvalue weighted by molar-refractivity contribution is -0.115. The predicted molar refractivity (Wildman–Crippen MR) is 113 cm³/mol. The van der Waals surface area contributed by atoms with Gasteiger partial charge in [-0.1, -0.05) is 68.6 Å². The molecule has 1 aromatic carbocycles. The third-order valence-electron chi connectivity index (χ3n) is 4.45. The molecule has 0 aliphatic heterocycles. The molecule has 2 rings (SSSR count). The molecule has 1 heterocycles. The van der Waals surface area contributed by atoms with E-state index in [2.05, 4.69) is 28.3 Å². The Balaban J connectivity index is 1.93. The Labute approximate surface area is 166 Å². The Bertz CT molecular complexity index is 714. The standard InChI is InChI=1S/C21H30N4OS/c1-4-6-7-8-12-15-19-22-23-21(25(19)16-5-2)27-17-20(26)24(3)18-13-10-9-11-14-18/h5,9-11,13-14H,2,4,6-8,12,15-17H2,1,3H3. The summed E-state index contributed by atoms with van der Waals surface area (Å²) < 4.78 is 2.08. The maximum absolute atomic E-state index is 12.5. The summed E-state index contributed by atoms with van der Waals surface area (Å²) in [7, 11) is 1.80. The van der Waals surface area contributed by atoms with Crippen LogP contribution in [0.15, 0.2) is 48.1 Å². The van der Waals surface area contributed by atoms with Crippen LogP contribution in [0.3, 0.4) is 0 Å². The molecule has 5 nitrogen and oxygen atoms in total. The molecule has 6 heteroatoms. The smallest absolute Gasteiger partial charge is 0.237 e. The zero-order chi connectivity index (χ0) is 19.5. The van der Waals surface area contributed by atoms with Crippen molar-refractivity contribution >= 4 is 23.4 Å². The number of unbranched alkanes of at least 4 members (excludes halogenated alkanes) is 4. The number of amides is 1. The maximum atomic E-state index is 12.5. The summed E-state index contributed by atoms with van der Waals surface area (Å²) in [4.78, 5) is 14.2. The molecule has 27 heavy (non-hydrogen) atoms. The van der Waals surface area contributed by atoms with E-state index in [0.717, 1.165) is 29.5 Å². The van der Waals surface area contributed by atoms with Crippen LogP contribution >= 0.6 is 11.8 Å². The fraction of sp³-hybridized carbons (Fsp3) is 0.476. The summed E-state index contributed by atoms with van der Waals surface area (Å²) in [5.41, 5.74) is 0.892. The third kappa shape index (κ3) is 6.54. The van der Waals surface area contributed by atoms with Gasteiger partial charge < -0.3 is 9.47 Å². The summed E-state index contributed by atoms with van der Waals surface area (Å²) in [5, 5.41) is 9.45. The first-order valence-electron chi connectivity index (χ1n) is 9.64. The van der Waals surface area contributed by atoms with Crippen LogP contribution in [0.25, 0.3) is 0 Å². The molecular formula is C21H30N4OS. The number of benzene rings is 1. The van der Waals surface area contributed by atoms with Gasteiger partial charge in [-0.15, -0.1) is 16.8 Å². The van der Waals surface area contributed by atoms with E-state index in [1.807, 2.05) is 36.4 Å². The third-order valence-corrected chi connectivity index (χ3v) is 5.40. The number of hydrogen-bond acceptors (Lipinski definition) is 4. The summed E-state index contributed by atoms with van der Waals surface area (Å²) in [6.45, 7) is 6.73. The van der Waals surface area contributed by atoms with Gasteiger partial charge in [0.25, 0.3) is 0 Å². The van der Waals surface area contributed by atoms with Gasteiger partial charge in [0.2, 0.25) is 5.91 Å². The van der Waals surface area contributed by atoms with E-state index in [9.17, 15) is 4.79 Å². The van der Waals surface area contributed by atoms with Crippen LogP contribution in [0.5, 0.6) is 0 Å². The number of rotatable bonds is 12. The molecule has 0 atom stereocenters. The minimum absolute atomic E-state index is 0.0421. The number of thioether (sulfide) groups is 1.